The fourth-order valence-electron chi connectivity index (χ4n) is 2.15. The Hall–Kier alpha value is -2.54. The number of likely N-dealkylation sites (tertiary alicyclic amines) is 1. The van der Waals surface area contributed by atoms with E-state index in [1.54, 1.807) is 31.9 Å². The van der Waals surface area contributed by atoms with Crippen molar-refractivity contribution in [3.8, 4) is 6.19 Å². The maximum absolute atomic E-state index is 11.9. The number of amides is 1. The molecule has 0 spiro atoms. The van der Waals surface area contributed by atoms with Crippen LogP contribution in [0.3, 0.4) is 0 Å². The molecule has 25 heavy (non-hydrogen) atoms. The molecule has 0 aromatic heterocycles. The lowest BCUT2D eigenvalue weighted by atomic mass is 10.2. The zero-order valence-electron chi connectivity index (χ0n) is 14.9. The summed E-state index contributed by atoms with van der Waals surface area (Å²) in [6.45, 7) is 5.80. The average molecular weight is 355 g/mol. The van der Waals surface area contributed by atoms with E-state index in [0.29, 0.717) is 19.5 Å². The van der Waals surface area contributed by atoms with Gasteiger partial charge < -0.3 is 24.8 Å². The van der Waals surface area contributed by atoms with Gasteiger partial charge in [0.25, 0.3) is 0 Å². The predicted molar refractivity (Wildman–Crippen MR) is 88.4 cm³/mol. The predicted octanol–water partition coefficient (Wildman–Crippen LogP) is -0.454. The number of methoxy groups -OCH3 is 1. The third-order valence-electron chi connectivity index (χ3n) is 3.23. The molecule has 1 saturated heterocycles. The molecule has 10 heteroatoms. The molecule has 1 heterocycles. The van der Waals surface area contributed by atoms with E-state index in [2.05, 4.69) is 20.4 Å². The van der Waals surface area contributed by atoms with Crippen molar-refractivity contribution in [2.45, 2.75) is 44.9 Å². The number of aliphatic hydroxyl groups is 1. The van der Waals surface area contributed by atoms with E-state index < -0.39 is 29.8 Å². The van der Waals surface area contributed by atoms with E-state index in [0.717, 1.165) is 0 Å². The first-order valence-corrected chi connectivity index (χ1v) is 7.86. The quantitative estimate of drug-likeness (QED) is 0.203. The van der Waals surface area contributed by atoms with Crippen molar-refractivity contribution in [1.82, 2.24) is 15.5 Å². The van der Waals surface area contributed by atoms with Gasteiger partial charge in [-0.05, 0) is 27.2 Å². The minimum atomic E-state index is -1.07. The summed E-state index contributed by atoms with van der Waals surface area (Å²) in [4.78, 5) is 29.6. The van der Waals surface area contributed by atoms with Gasteiger partial charge in [0.1, 0.15) is 11.6 Å². The number of nitriles is 1. The summed E-state index contributed by atoms with van der Waals surface area (Å²) < 4.78 is 9.77. The van der Waals surface area contributed by atoms with Gasteiger partial charge in [0, 0.05) is 13.1 Å². The number of aliphatic hydroxyl groups excluding tert-OH is 1. The lowest BCUT2D eigenvalue weighted by Crippen LogP contribution is -2.47. The highest BCUT2D eigenvalue weighted by molar-refractivity contribution is 5.84. The van der Waals surface area contributed by atoms with Crippen LogP contribution in [0.2, 0.25) is 0 Å². The molecule has 10 nitrogen and oxygen atoms in total. The molecule has 3 N–H and O–H groups in total. The molecule has 0 unspecified atom stereocenters. The van der Waals surface area contributed by atoms with Crippen LogP contribution < -0.4 is 10.6 Å². The van der Waals surface area contributed by atoms with Crippen LogP contribution >= 0.6 is 0 Å². The molecule has 1 fully saturated rings. The third-order valence-corrected chi connectivity index (χ3v) is 3.23. The zero-order chi connectivity index (χ0) is 19.0. The standard InChI is InChI=1S/C15H25N5O5/c1-15(2,3)25-14(23)19-11(12(22)24-4)7-17-13(18-9-16)20-6-5-10(21)8-20/h10-11,21H,5-8H2,1-4H3,(H,17,18)(H,19,23)/t10-,11+/m1/s1. The molecule has 1 amide bonds. The van der Waals surface area contributed by atoms with Crippen LogP contribution in [-0.4, -0.2) is 72.5 Å². The number of nitrogens with one attached hydrogen (secondary N) is 2. The van der Waals surface area contributed by atoms with E-state index in [-0.39, 0.29) is 12.5 Å². The smallest absolute Gasteiger partial charge is 0.408 e. The van der Waals surface area contributed by atoms with Crippen LogP contribution in [0.4, 0.5) is 4.79 Å². The summed E-state index contributed by atoms with van der Waals surface area (Å²) in [7, 11) is 1.20. The Morgan fingerprint density at radius 1 is 1.48 bits per heavy atom. The van der Waals surface area contributed by atoms with Crippen molar-refractivity contribution in [3.05, 3.63) is 0 Å². The Kier molecular flexibility index (Phi) is 7.44. The van der Waals surface area contributed by atoms with Crippen LogP contribution in [0.5, 0.6) is 0 Å². The average Bonchev–Trinajstić information content (AvgIpc) is 2.93. The van der Waals surface area contributed by atoms with Crippen molar-refractivity contribution in [3.63, 3.8) is 0 Å². The largest absolute Gasteiger partial charge is 0.467 e. The Morgan fingerprint density at radius 2 is 2.16 bits per heavy atom. The number of rotatable bonds is 4. The molecule has 1 rings (SSSR count). The number of guanidine groups is 1. The van der Waals surface area contributed by atoms with E-state index >= 15 is 0 Å². The van der Waals surface area contributed by atoms with Gasteiger partial charge in [-0.25, -0.2) is 14.6 Å². The van der Waals surface area contributed by atoms with E-state index in [9.17, 15) is 14.7 Å². The van der Waals surface area contributed by atoms with Crippen LogP contribution in [0.25, 0.3) is 0 Å². The van der Waals surface area contributed by atoms with Gasteiger partial charge >= 0.3 is 12.1 Å². The van der Waals surface area contributed by atoms with Crippen molar-refractivity contribution < 1.29 is 24.2 Å². The number of ether oxygens (including phenoxy) is 2. The maximum atomic E-state index is 11.9. The molecule has 0 aliphatic carbocycles. The Labute approximate surface area is 146 Å². The summed E-state index contributed by atoms with van der Waals surface area (Å²) in [5, 5.41) is 23.3. The van der Waals surface area contributed by atoms with Crippen LogP contribution in [0.1, 0.15) is 27.2 Å². The number of β-amino-alcohol motifs (C(OH)–C–C–N with tert-alkyl or cyclic N) is 1. The number of carbonyl (C=O) groups excluding carboxylic acids is 2. The van der Waals surface area contributed by atoms with E-state index in [4.69, 9.17) is 10.00 Å². The van der Waals surface area contributed by atoms with Gasteiger partial charge in [-0.15, -0.1) is 0 Å². The highest BCUT2D eigenvalue weighted by Gasteiger charge is 2.27. The molecular formula is C15H25N5O5. The van der Waals surface area contributed by atoms with Crippen molar-refractivity contribution >= 4 is 18.0 Å². The van der Waals surface area contributed by atoms with Crippen molar-refractivity contribution in [1.29, 1.82) is 5.26 Å². The third kappa shape index (κ3) is 7.26. The normalized spacial score (nSPS) is 19.0. The molecule has 1 aliphatic heterocycles. The fourth-order valence-corrected chi connectivity index (χ4v) is 2.15. The van der Waals surface area contributed by atoms with Crippen molar-refractivity contribution in [2.75, 3.05) is 26.7 Å². The first kappa shape index (κ1) is 20.5. The number of alkyl carbamates (subject to hydrolysis) is 1. The van der Waals surface area contributed by atoms with Crippen LogP contribution in [0.15, 0.2) is 4.99 Å². The van der Waals surface area contributed by atoms with Gasteiger partial charge in [-0.1, -0.05) is 0 Å². The van der Waals surface area contributed by atoms with Gasteiger partial charge in [-0.3, -0.25) is 5.32 Å². The molecule has 0 bridgehead atoms. The molecule has 1 aliphatic rings. The first-order chi connectivity index (χ1) is 11.7. The van der Waals surface area contributed by atoms with Gasteiger partial charge in [0.15, 0.2) is 6.19 Å². The number of esters is 1. The van der Waals surface area contributed by atoms with Crippen molar-refractivity contribution in [2.24, 2.45) is 4.99 Å². The Bertz CT molecular complexity index is 551. The zero-order valence-corrected chi connectivity index (χ0v) is 14.9. The lowest BCUT2D eigenvalue weighted by Gasteiger charge is -2.23. The summed E-state index contributed by atoms with van der Waals surface area (Å²) in [6.07, 6.45) is 1.05. The highest BCUT2D eigenvalue weighted by atomic mass is 16.6. The molecule has 0 saturated carbocycles. The Balaban J connectivity index is 2.80. The highest BCUT2D eigenvalue weighted by Crippen LogP contribution is 2.09. The van der Waals surface area contributed by atoms with E-state index in [1.807, 2.05) is 0 Å². The van der Waals surface area contributed by atoms with Gasteiger partial charge in [0.2, 0.25) is 5.96 Å². The summed E-state index contributed by atoms with van der Waals surface area (Å²) in [6, 6.07) is -1.07. The summed E-state index contributed by atoms with van der Waals surface area (Å²) >= 11 is 0. The second-order valence-electron chi connectivity index (χ2n) is 6.51. The lowest BCUT2D eigenvalue weighted by molar-refractivity contribution is -0.142. The number of carbonyl (C=O) groups is 2. The molecule has 2 atom stereocenters. The molecule has 140 valence electrons. The molecule has 0 radical (unpaired) electrons. The fraction of sp³-hybridized carbons (Fsp3) is 0.733. The second kappa shape index (κ2) is 9.08. The van der Waals surface area contributed by atoms with Crippen LogP contribution in [0, 0.1) is 11.5 Å². The minimum Gasteiger partial charge on any atom is -0.467 e. The topological polar surface area (TPSA) is 136 Å². The monoisotopic (exact) mass is 355 g/mol. The summed E-state index contributed by atoms with van der Waals surface area (Å²) in [5.74, 6) is -0.466. The number of hydrogen-bond acceptors (Lipinski definition) is 7. The SMILES string of the molecule is COC(=O)[C@H](CN=C(NC#N)N1CC[C@@H](O)C1)NC(=O)OC(C)(C)C. The number of hydrogen-bond donors (Lipinski definition) is 3. The summed E-state index contributed by atoms with van der Waals surface area (Å²) in [5.41, 5.74) is -0.715. The van der Waals surface area contributed by atoms with Crippen LogP contribution in [-0.2, 0) is 14.3 Å². The van der Waals surface area contributed by atoms with Gasteiger partial charge in [0.05, 0.1) is 19.8 Å². The molecule has 0 aromatic rings. The number of nitrogens with zero attached hydrogens (tertiary/aromatic N) is 3. The second-order valence-corrected chi connectivity index (χ2v) is 6.51. The molecule has 0 aromatic carbocycles. The first-order valence-electron chi connectivity index (χ1n) is 7.86. The number of aliphatic imine (C=N–C) groups is 1. The van der Waals surface area contributed by atoms with E-state index in [1.165, 1.54) is 7.11 Å². The molecular weight excluding hydrogens is 330 g/mol. The van der Waals surface area contributed by atoms with Gasteiger partial charge in [-0.2, -0.15) is 5.26 Å². The Morgan fingerprint density at radius 3 is 2.64 bits per heavy atom. The minimum absolute atomic E-state index is 0.150. The maximum Gasteiger partial charge on any atom is 0.408 e.